The number of benzene rings is 1. The van der Waals surface area contributed by atoms with Gasteiger partial charge in [0.1, 0.15) is 5.82 Å². The van der Waals surface area contributed by atoms with E-state index in [0.29, 0.717) is 17.5 Å². The largest absolute Gasteiger partial charge is 0.325 e. The molecule has 3 rings (SSSR count). The van der Waals surface area contributed by atoms with Crippen molar-refractivity contribution in [2.24, 2.45) is 11.8 Å². The molecule has 1 amide bonds. The Morgan fingerprint density at radius 2 is 2.06 bits per heavy atom. The molecule has 0 radical (unpaired) electrons. The molecule has 2 fully saturated rings. The van der Waals surface area contributed by atoms with Crippen LogP contribution < -0.4 is 10.6 Å². The molecule has 0 aromatic heterocycles. The molecule has 3 nitrogen and oxygen atoms in total. The zero-order chi connectivity index (χ0) is 12.5. The van der Waals surface area contributed by atoms with E-state index >= 15 is 0 Å². The molecule has 96 valence electrons. The molecule has 0 bridgehead atoms. The molecule has 1 aliphatic heterocycles. The fourth-order valence-electron chi connectivity index (χ4n) is 3.23. The van der Waals surface area contributed by atoms with E-state index in [0.717, 1.165) is 13.0 Å². The summed E-state index contributed by atoms with van der Waals surface area (Å²) in [6, 6.07) is 5.82. The molecule has 1 aliphatic carbocycles. The van der Waals surface area contributed by atoms with Gasteiger partial charge in [-0.25, -0.2) is 4.39 Å². The Labute approximate surface area is 106 Å². The highest BCUT2D eigenvalue weighted by Gasteiger charge is 2.42. The third-order valence-corrected chi connectivity index (χ3v) is 4.14. The molecule has 3 atom stereocenters. The van der Waals surface area contributed by atoms with Gasteiger partial charge in [0.2, 0.25) is 5.91 Å². The van der Waals surface area contributed by atoms with Gasteiger partial charge in [0.05, 0.1) is 6.04 Å². The lowest BCUT2D eigenvalue weighted by Crippen LogP contribution is -2.39. The van der Waals surface area contributed by atoms with E-state index in [1.807, 2.05) is 0 Å². The van der Waals surface area contributed by atoms with Crippen molar-refractivity contribution >= 4 is 11.6 Å². The lowest BCUT2D eigenvalue weighted by atomic mass is 9.93. The van der Waals surface area contributed by atoms with Crippen LogP contribution in [-0.4, -0.2) is 18.5 Å². The number of anilines is 1. The second kappa shape index (κ2) is 4.69. The van der Waals surface area contributed by atoms with Crippen molar-refractivity contribution in [2.75, 3.05) is 11.9 Å². The van der Waals surface area contributed by atoms with E-state index in [1.165, 1.54) is 25.0 Å². The summed E-state index contributed by atoms with van der Waals surface area (Å²) in [5, 5.41) is 6.16. The maximum Gasteiger partial charge on any atom is 0.241 e. The van der Waals surface area contributed by atoms with Crippen molar-refractivity contribution in [3.63, 3.8) is 0 Å². The Morgan fingerprint density at radius 3 is 2.83 bits per heavy atom. The number of amides is 1. The van der Waals surface area contributed by atoms with Crippen LogP contribution in [0.5, 0.6) is 0 Å². The summed E-state index contributed by atoms with van der Waals surface area (Å²) in [4.78, 5) is 12.2. The topological polar surface area (TPSA) is 41.1 Å². The molecule has 1 heterocycles. The molecule has 1 aromatic rings. The molecule has 2 N–H and O–H groups in total. The van der Waals surface area contributed by atoms with E-state index in [4.69, 9.17) is 0 Å². The summed E-state index contributed by atoms with van der Waals surface area (Å²) in [5.41, 5.74) is 0.657. The number of halogens is 1. The summed E-state index contributed by atoms with van der Waals surface area (Å²) in [6.07, 6.45) is 3.61. The Bertz CT molecular complexity index is 446. The van der Waals surface area contributed by atoms with Gasteiger partial charge in [0.25, 0.3) is 0 Å². The van der Waals surface area contributed by atoms with Crippen LogP contribution in [0.4, 0.5) is 10.1 Å². The maximum atomic E-state index is 12.8. The monoisotopic (exact) mass is 248 g/mol. The van der Waals surface area contributed by atoms with E-state index in [9.17, 15) is 9.18 Å². The van der Waals surface area contributed by atoms with Crippen LogP contribution >= 0.6 is 0 Å². The molecule has 2 aliphatic rings. The van der Waals surface area contributed by atoms with Gasteiger partial charge in [0.15, 0.2) is 0 Å². The molecular weight excluding hydrogens is 231 g/mol. The Kier molecular flexibility index (Phi) is 3.04. The number of hydrogen-bond donors (Lipinski definition) is 2. The van der Waals surface area contributed by atoms with Crippen LogP contribution in [0.3, 0.4) is 0 Å². The van der Waals surface area contributed by atoms with Gasteiger partial charge in [0, 0.05) is 5.69 Å². The molecule has 3 unspecified atom stereocenters. The summed E-state index contributed by atoms with van der Waals surface area (Å²) in [7, 11) is 0. The van der Waals surface area contributed by atoms with Gasteiger partial charge in [-0.15, -0.1) is 0 Å². The first-order chi connectivity index (χ1) is 8.74. The normalized spacial score (nSPS) is 30.2. The predicted molar refractivity (Wildman–Crippen MR) is 67.7 cm³/mol. The van der Waals surface area contributed by atoms with E-state index in [1.54, 1.807) is 12.1 Å². The number of hydrogen-bond acceptors (Lipinski definition) is 2. The summed E-state index contributed by atoms with van der Waals surface area (Å²) >= 11 is 0. The number of carbonyl (C=O) groups excluding carboxylic acids is 1. The van der Waals surface area contributed by atoms with Gasteiger partial charge in [-0.2, -0.15) is 0 Å². The Balaban J connectivity index is 1.66. The third kappa shape index (κ3) is 2.12. The zero-order valence-corrected chi connectivity index (χ0v) is 10.2. The highest BCUT2D eigenvalue weighted by molar-refractivity contribution is 5.95. The molecule has 1 saturated heterocycles. The van der Waals surface area contributed by atoms with Gasteiger partial charge in [-0.05, 0) is 55.5 Å². The Hall–Kier alpha value is -1.42. The van der Waals surface area contributed by atoms with Crippen LogP contribution in [0.2, 0.25) is 0 Å². The SMILES string of the molecule is O=C(Nc1ccc(F)cc1)C1NCC2CCCC21. The van der Waals surface area contributed by atoms with E-state index in [2.05, 4.69) is 10.6 Å². The number of nitrogens with one attached hydrogen (secondary N) is 2. The lowest BCUT2D eigenvalue weighted by Gasteiger charge is -2.17. The van der Waals surface area contributed by atoms with Crippen molar-refractivity contribution in [3.8, 4) is 0 Å². The molecule has 1 saturated carbocycles. The van der Waals surface area contributed by atoms with Gasteiger partial charge in [-0.1, -0.05) is 6.42 Å². The van der Waals surface area contributed by atoms with Gasteiger partial charge in [-0.3, -0.25) is 4.79 Å². The molecule has 4 heteroatoms. The smallest absolute Gasteiger partial charge is 0.241 e. The third-order valence-electron chi connectivity index (χ3n) is 4.14. The number of carbonyl (C=O) groups is 1. The minimum Gasteiger partial charge on any atom is -0.325 e. The molecule has 1 aromatic carbocycles. The fraction of sp³-hybridized carbons (Fsp3) is 0.500. The van der Waals surface area contributed by atoms with Gasteiger partial charge < -0.3 is 10.6 Å². The second-order valence-electron chi connectivity index (χ2n) is 5.24. The minimum absolute atomic E-state index is 0.0102. The van der Waals surface area contributed by atoms with Crippen molar-refractivity contribution < 1.29 is 9.18 Å². The van der Waals surface area contributed by atoms with Crippen LogP contribution in [-0.2, 0) is 4.79 Å². The quantitative estimate of drug-likeness (QED) is 0.842. The van der Waals surface area contributed by atoms with E-state index < -0.39 is 0 Å². The van der Waals surface area contributed by atoms with Crippen molar-refractivity contribution in [3.05, 3.63) is 30.1 Å². The Morgan fingerprint density at radius 1 is 1.28 bits per heavy atom. The average molecular weight is 248 g/mol. The van der Waals surface area contributed by atoms with Gasteiger partial charge >= 0.3 is 0 Å². The van der Waals surface area contributed by atoms with Crippen LogP contribution in [0.1, 0.15) is 19.3 Å². The standard InChI is InChI=1S/C14H17FN2O/c15-10-4-6-11(7-5-10)17-14(18)13-12-3-1-2-9(12)8-16-13/h4-7,9,12-13,16H,1-3,8H2,(H,17,18). The lowest BCUT2D eigenvalue weighted by molar-refractivity contribution is -0.118. The number of rotatable bonds is 2. The van der Waals surface area contributed by atoms with Crippen LogP contribution in [0.15, 0.2) is 24.3 Å². The first-order valence-electron chi connectivity index (χ1n) is 6.54. The van der Waals surface area contributed by atoms with Crippen LogP contribution in [0.25, 0.3) is 0 Å². The summed E-state index contributed by atoms with van der Waals surface area (Å²) in [6.45, 7) is 0.951. The van der Waals surface area contributed by atoms with Crippen molar-refractivity contribution in [1.29, 1.82) is 0 Å². The summed E-state index contributed by atoms with van der Waals surface area (Å²) < 4.78 is 12.8. The first-order valence-corrected chi connectivity index (χ1v) is 6.54. The highest BCUT2D eigenvalue weighted by Crippen LogP contribution is 2.37. The molecule has 18 heavy (non-hydrogen) atoms. The number of fused-ring (bicyclic) bond motifs is 1. The fourth-order valence-corrected chi connectivity index (χ4v) is 3.23. The van der Waals surface area contributed by atoms with Crippen LogP contribution in [0, 0.1) is 17.7 Å². The summed E-state index contributed by atoms with van der Waals surface area (Å²) in [5.74, 6) is 0.860. The molecular formula is C14H17FN2O. The average Bonchev–Trinajstić information content (AvgIpc) is 2.93. The minimum atomic E-state index is -0.289. The zero-order valence-electron chi connectivity index (χ0n) is 10.2. The molecule has 0 spiro atoms. The van der Waals surface area contributed by atoms with Crippen molar-refractivity contribution in [2.45, 2.75) is 25.3 Å². The maximum absolute atomic E-state index is 12.8. The highest BCUT2D eigenvalue weighted by atomic mass is 19.1. The van der Waals surface area contributed by atoms with Crippen molar-refractivity contribution in [1.82, 2.24) is 5.32 Å². The predicted octanol–water partition coefficient (Wildman–Crippen LogP) is 2.15. The first kappa shape index (κ1) is 11.7. The van der Waals surface area contributed by atoms with E-state index in [-0.39, 0.29) is 17.8 Å². The second-order valence-corrected chi connectivity index (χ2v) is 5.24.